The fraction of sp³-hybridized carbons (Fsp3) is 0.417. The first kappa shape index (κ1) is 13.3. The van der Waals surface area contributed by atoms with Gasteiger partial charge in [-0.1, -0.05) is 17.7 Å². The van der Waals surface area contributed by atoms with Gasteiger partial charge in [-0.2, -0.15) is 13.2 Å². The summed E-state index contributed by atoms with van der Waals surface area (Å²) in [7, 11) is 0. The fourth-order valence-electron chi connectivity index (χ4n) is 1.71. The third kappa shape index (κ3) is 2.98. The molecule has 2 nitrogen and oxygen atoms in total. The number of hydrogen-bond acceptors (Lipinski definition) is 3. The molecule has 0 saturated carbocycles. The van der Waals surface area contributed by atoms with E-state index in [4.69, 9.17) is 0 Å². The summed E-state index contributed by atoms with van der Waals surface area (Å²) in [5.74, 6) is -0.790. The number of benzene rings is 1. The first-order valence-electron chi connectivity index (χ1n) is 5.36. The van der Waals surface area contributed by atoms with Gasteiger partial charge in [-0.15, -0.1) is 11.8 Å². The van der Waals surface area contributed by atoms with E-state index >= 15 is 0 Å². The Hall–Kier alpha value is -1.17. The average molecular weight is 276 g/mol. The second kappa shape index (κ2) is 4.84. The lowest BCUT2D eigenvalue weighted by Gasteiger charge is -2.19. The van der Waals surface area contributed by atoms with E-state index in [9.17, 15) is 18.0 Å². The van der Waals surface area contributed by atoms with Crippen LogP contribution in [0.15, 0.2) is 29.2 Å². The van der Waals surface area contributed by atoms with Gasteiger partial charge in [0.1, 0.15) is 0 Å². The van der Waals surface area contributed by atoms with Crippen LogP contribution in [0, 0.1) is 6.92 Å². The van der Waals surface area contributed by atoms with Gasteiger partial charge in [0, 0.05) is 4.90 Å². The first-order valence-corrected chi connectivity index (χ1v) is 6.24. The van der Waals surface area contributed by atoms with Gasteiger partial charge in [-0.3, -0.25) is 4.79 Å². The Bertz CT molecular complexity index is 442. The number of carbonyl (C=O) groups is 1. The highest BCUT2D eigenvalue weighted by Gasteiger charge is 2.52. The molecule has 0 aromatic heterocycles. The van der Waals surface area contributed by atoms with E-state index in [2.05, 4.69) is 4.74 Å². The van der Waals surface area contributed by atoms with Gasteiger partial charge < -0.3 is 4.74 Å². The van der Waals surface area contributed by atoms with Crippen LogP contribution in [0.2, 0.25) is 0 Å². The highest BCUT2D eigenvalue weighted by molar-refractivity contribution is 8.00. The highest BCUT2D eigenvalue weighted by atomic mass is 32.2. The van der Waals surface area contributed by atoms with Crippen LogP contribution in [0.3, 0.4) is 0 Å². The highest BCUT2D eigenvalue weighted by Crippen LogP contribution is 2.40. The summed E-state index contributed by atoms with van der Waals surface area (Å²) < 4.78 is 42.3. The molecule has 0 radical (unpaired) electrons. The number of aryl methyl sites for hydroxylation is 1. The van der Waals surface area contributed by atoms with E-state index in [1.807, 2.05) is 19.1 Å². The summed E-state index contributed by atoms with van der Waals surface area (Å²) in [5, 5.41) is -0.903. The van der Waals surface area contributed by atoms with Crippen LogP contribution in [0.5, 0.6) is 0 Å². The molecule has 2 atom stereocenters. The van der Waals surface area contributed by atoms with E-state index in [0.717, 1.165) is 17.3 Å². The molecule has 6 heteroatoms. The lowest BCUT2D eigenvalue weighted by molar-refractivity contribution is -0.207. The number of ether oxygens (including phenoxy) is 1. The van der Waals surface area contributed by atoms with Crippen molar-refractivity contribution in [1.82, 2.24) is 0 Å². The van der Waals surface area contributed by atoms with Crippen molar-refractivity contribution in [3.8, 4) is 0 Å². The Labute approximate surface area is 107 Å². The summed E-state index contributed by atoms with van der Waals surface area (Å²) in [4.78, 5) is 11.7. The number of rotatable bonds is 2. The van der Waals surface area contributed by atoms with E-state index in [0.29, 0.717) is 4.90 Å². The fourth-order valence-corrected chi connectivity index (χ4v) is 2.91. The van der Waals surface area contributed by atoms with Crippen LogP contribution in [0.4, 0.5) is 13.2 Å². The minimum atomic E-state index is -4.51. The molecule has 1 aromatic rings. The van der Waals surface area contributed by atoms with Gasteiger partial charge in [0.25, 0.3) is 0 Å². The zero-order valence-electron chi connectivity index (χ0n) is 9.53. The summed E-state index contributed by atoms with van der Waals surface area (Å²) in [5.41, 5.74) is 1.03. The number of alkyl halides is 3. The quantitative estimate of drug-likeness (QED) is 0.775. The molecule has 0 amide bonds. The molecule has 1 aliphatic heterocycles. The maximum absolute atomic E-state index is 12.7. The van der Waals surface area contributed by atoms with E-state index in [1.165, 1.54) is 0 Å². The number of cyclic esters (lactones) is 1. The van der Waals surface area contributed by atoms with Crippen molar-refractivity contribution >= 4 is 17.7 Å². The monoisotopic (exact) mass is 276 g/mol. The summed E-state index contributed by atoms with van der Waals surface area (Å²) in [6, 6.07) is 7.14. The summed E-state index contributed by atoms with van der Waals surface area (Å²) in [6.07, 6.45) is -6.71. The SMILES string of the molecule is Cc1ccc(S[C@H]2CC(=O)O[C@H]2C(F)(F)F)cc1. The molecule has 1 aliphatic rings. The molecular formula is C12H11F3O2S. The van der Waals surface area contributed by atoms with Crippen molar-refractivity contribution in [1.29, 1.82) is 0 Å². The van der Waals surface area contributed by atoms with Gasteiger partial charge in [-0.05, 0) is 19.1 Å². The molecular weight excluding hydrogens is 265 g/mol. The van der Waals surface area contributed by atoms with E-state index in [-0.39, 0.29) is 6.42 Å². The third-order valence-corrected chi connectivity index (χ3v) is 3.86. The van der Waals surface area contributed by atoms with Gasteiger partial charge in [-0.25, -0.2) is 0 Å². The van der Waals surface area contributed by atoms with Crippen molar-refractivity contribution < 1.29 is 22.7 Å². The van der Waals surface area contributed by atoms with Crippen molar-refractivity contribution in [3.05, 3.63) is 29.8 Å². The Morgan fingerprint density at radius 1 is 1.28 bits per heavy atom. The van der Waals surface area contributed by atoms with Gasteiger partial charge in [0.05, 0.1) is 11.7 Å². The van der Waals surface area contributed by atoms with Crippen LogP contribution in [-0.2, 0) is 9.53 Å². The molecule has 1 saturated heterocycles. The second-order valence-corrected chi connectivity index (χ2v) is 5.44. The number of halogens is 3. The van der Waals surface area contributed by atoms with Crippen LogP contribution >= 0.6 is 11.8 Å². The second-order valence-electron chi connectivity index (χ2n) is 4.13. The molecule has 1 fully saturated rings. The Kier molecular flexibility index (Phi) is 3.56. The smallest absolute Gasteiger partial charge is 0.426 e. The zero-order valence-corrected chi connectivity index (χ0v) is 10.3. The molecule has 98 valence electrons. The predicted octanol–water partition coefficient (Wildman–Crippen LogP) is 3.33. The molecule has 2 rings (SSSR count). The van der Waals surface area contributed by atoms with Crippen molar-refractivity contribution in [2.45, 2.75) is 35.8 Å². The molecule has 0 unspecified atom stereocenters. The predicted molar refractivity (Wildman–Crippen MR) is 61.4 cm³/mol. The molecule has 1 aromatic carbocycles. The van der Waals surface area contributed by atoms with Crippen molar-refractivity contribution in [2.24, 2.45) is 0 Å². The molecule has 0 spiro atoms. The molecule has 0 N–H and O–H groups in total. The normalized spacial score (nSPS) is 24.1. The van der Waals surface area contributed by atoms with Crippen LogP contribution in [0.1, 0.15) is 12.0 Å². The number of carbonyl (C=O) groups excluding carboxylic acids is 1. The topological polar surface area (TPSA) is 26.3 Å². The van der Waals surface area contributed by atoms with Crippen molar-refractivity contribution in [3.63, 3.8) is 0 Å². The molecule has 0 bridgehead atoms. The van der Waals surface area contributed by atoms with Crippen LogP contribution in [-0.4, -0.2) is 23.5 Å². The molecule has 18 heavy (non-hydrogen) atoms. The van der Waals surface area contributed by atoms with Gasteiger partial charge in [0.15, 0.2) is 0 Å². The van der Waals surface area contributed by atoms with E-state index in [1.54, 1.807) is 12.1 Å². The summed E-state index contributed by atoms with van der Waals surface area (Å²) in [6.45, 7) is 1.90. The largest absolute Gasteiger partial charge is 0.451 e. The number of hydrogen-bond donors (Lipinski definition) is 0. The lowest BCUT2D eigenvalue weighted by atomic mass is 10.2. The Morgan fingerprint density at radius 3 is 2.44 bits per heavy atom. The van der Waals surface area contributed by atoms with Gasteiger partial charge >= 0.3 is 12.1 Å². The number of esters is 1. The standard InChI is InChI=1S/C12H11F3O2S/c1-7-2-4-8(5-3-7)18-9-6-10(16)17-11(9)12(13,14)15/h2-5,9,11H,6H2,1H3/t9-,11+/m0/s1. The minimum Gasteiger partial charge on any atom is -0.451 e. The molecule has 0 aliphatic carbocycles. The minimum absolute atomic E-state index is 0.206. The number of thioether (sulfide) groups is 1. The molecule has 1 heterocycles. The summed E-state index contributed by atoms with van der Waals surface area (Å²) >= 11 is 1.03. The Balaban J connectivity index is 2.12. The van der Waals surface area contributed by atoms with Crippen LogP contribution < -0.4 is 0 Å². The third-order valence-electron chi connectivity index (χ3n) is 2.59. The van der Waals surface area contributed by atoms with Crippen LogP contribution in [0.25, 0.3) is 0 Å². The van der Waals surface area contributed by atoms with Crippen molar-refractivity contribution in [2.75, 3.05) is 0 Å². The maximum atomic E-state index is 12.7. The van der Waals surface area contributed by atoms with E-state index < -0.39 is 23.5 Å². The first-order chi connectivity index (χ1) is 8.36. The lowest BCUT2D eigenvalue weighted by Crippen LogP contribution is -2.35. The zero-order chi connectivity index (χ0) is 13.3. The maximum Gasteiger partial charge on any atom is 0.426 e. The van der Waals surface area contributed by atoms with Gasteiger partial charge in [0.2, 0.25) is 6.10 Å². The Morgan fingerprint density at radius 2 is 1.89 bits per heavy atom. The average Bonchev–Trinajstić information content (AvgIpc) is 2.63.